The molecule has 1 N–H and O–H groups in total. The average molecular weight is 475 g/mol. The molecule has 0 saturated carbocycles. The number of hydrogen-bond acceptors (Lipinski definition) is 6. The number of pyridine rings is 1. The summed E-state index contributed by atoms with van der Waals surface area (Å²) in [6, 6.07) is 14.6. The lowest BCUT2D eigenvalue weighted by Crippen LogP contribution is -2.32. The fourth-order valence-electron chi connectivity index (χ4n) is 4.65. The number of fused-ring (bicyclic) bond motifs is 1. The van der Waals surface area contributed by atoms with Crippen molar-refractivity contribution in [2.24, 2.45) is 0 Å². The van der Waals surface area contributed by atoms with Crippen LogP contribution in [0.4, 0.5) is 0 Å². The summed E-state index contributed by atoms with van der Waals surface area (Å²) in [6.07, 6.45) is 0.795. The van der Waals surface area contributed by atoms with Gasteiger partial charge in [-0.15, -0.1) is 5.10 Å². The van der Waals surface area contributed by atoms with E-state index in [0.29, 0.717) is 26.2 Å². The third-order valence-electron chi connectivity index (χ3n) is 6.46. The summed E-state index contributed by atoms with van der Waals surface area (Å²) in [5.41, 5.74) is 6.21. The van der Waals surface area contributed by atoms with Crippen molar-refractivity contribution in [3.8, 4) is 0 Å². The molecule has 4 aromatic rings. The number of aromatic amines is 1. The average Bonchev–Trinajstić information content (AvgIpc) is 3.28. The van der Waals surface area contributed by atoms with Gasteiger partial charge in [0, 0.05) is 36.7 Å². The van der Waals surface area contributed by atoms with E-state index in [2.05, 4.69) is 76.5 Å². The Morgan fingerprint density at radius 1 is 1.06 bits per heavy atom. The lowest BCUT2D eigenvalue weighted by Gasteiger charge is -2.30. The van der Waals surface area contributed by atoms with Gasteiger partial charge in [0.1, 0.15) is 0 Å². The largest absolute Gasteiger partial charge is 0.383 e. The van der Waals surface area contributed by atoms with Crippen molar-refractivity contribution >= 4 is 10.9 Å². The molecule has 1 atom stereocenters. The zero-order chi connectivity index (χ0) is 24.9. The van der Waals surface area contributed by atoms with Gasteiger partial charge in [0.15, 0.2) is 5.82 Å². The summed E-state index contributed by atoms with van der Waals surface area (Å²) < 4.78 is 7.05. The predicted octanol–water partition coefficient (Wildman–Crippen LogP) is 4.24. The van der Waals surface area contributed by atoms with Crippen LogP contribution in [0.15, 0.2) is 47.3 Å². The molecular formula is C27H34N6O2. The first kappa shape index (κ1) is 24.8. The summed E-state index contributed by atoms with van der Waals surface area (Å²) in [7, 11) is 1.67. The van der Waals surface area contributed by atoms with E-state index in [-0.39, 0.29) is 11.6 Å². The lowest BCUT2D eigenvalue weighted by molar-refractivity contribution is 0.151. The predicted molar refractivity (Wildman–Crippen MR) is 137 cm³/mol. The Morgan fingerprint density at radius 3 is 2.54 bits per heavy atom. The maximum absolute atomic E-state index is 13.1. The minimum absolute atomic E-state index is 0.0646. The molecule has 8 heteroatoms. The number of nitrogens with zero attached hydrogens (tertiary/aromatic N) is 5. The first-order valence-electron chi connectivity index (χ1n) is 12.1. The molecule has 1 unspecified atom stereocenters. The Hall–Kier alpha value is -3.36. The van der Waals surface area contributed by atoms with Crippen molar-refractivity contribution in [3.63, 3.8) is 0 Å². The molecule has 8 nitrogen and oxygen atoms in total. The third kappa shape index (κ3) is 5.66. The van der Waals surface area contributed by atoms with Crippen LogP contribution in [0.25, 0.3) is 10.9 Å². The quantitative estimate of drug-likeness (QED) is 0.370. The Balaban J connectivity index is 1.74. The Labute approximate surface area is 205 Å². The number of benzene rings is 2. The maximum atomic E-state index is 13.1. The SMILES string of the molecule is CCC(c1nnnn1CCOC)N(Cc1ccc(C)cc1)Cc1cc2c(C)cc(C)cc2[nH]c1=O. The molecule has 0 saturated heterocycles. The summed E-state index contributed by atoms with van der Waals surface area (Å²) in [6.45, 7) is 10.6. The highest BCUT2D eigenvalue weighted by atomic mass is 16.5. The second-order valence-electron chi connectivity index (χ2n) is 9.23. The van der Waals surface area contributed by atoms with Crippen LogP contribution < -0.4 is 5.56 Å². The summed E-state index contributed by atoms with van der Waals surface area (Å²) >= 11 is 0. The van der Waals surface area contributed by atoms with Crippen LogP contribution in [0.5, 0.6) is 0 Å². The number of aromatic nitrogens is 5. The minimum Gasteiger partial charge on any atom is -0.383 e. The Bertz CT molecular complexity index is 1340. The standard InChI is InChI=1S/C27H34N6O2/c1-6-25(26-29-30-31-33(26)11-12-35-5)32(16-21-9-7-18(2)8-10-21)17-22-15-23-20(4)13-19(3)14-24(23)28-27(22)34/h7-10,13-15,25H,6,11-12,16-17H2,1-5H3,(H,28,34). The van der Waals surface area contributed by atoms with Crippen molar-refractivity contribution in [1.82, 2.24) is 30.1 Å². The highest BCUT2D eigenvalue weighted by molar-refractivity contribution is 5.83. The van der Waals surface area contributed by atoms with Gasteiger partial charge in [0.05, 0.1) is 19.2 Å². The van der Waals surface area contributed by atoms with Gasteiger partial charge in [0.2, 0.25) is 0 Å². The number of methoxy groups -OCH3 is 1. The molecule has 0 fully saturated rings. The first-order chi connectivity index (χ1) is 16.9. The van der Waals surface area contributed by atoms with Crippen molar-refractivity contribution in [2.75, 3.05) is 13.7 Å². The zero-order valence-electron chi connectivity index (χ0n) is 21.2. The number of rotatable bonds is 10. The molecule has 0 aliphatic heterocycles. The monoisotopic (exact) mass is 474 g/mol. The highest BCUT2D eigenvalue weighted by Crippen LogP contribution is 2.27. The van der Waals surface area contributed by atoms with Crippen LogP contribution >= 0.6 is 0 Å². The molecule has 0 aliphatic carbocycles. The van der Waals surface area contributed by atoms with Crippen molar-refractivity contribution < 1.29 is 4.74 Å². The molecule has 2 aromatic carbocycles. The number of nitrogens with one attached hydrogen (secondary N) is 1. The molecule has 0 amide bonds. The van der Waals surface area contributed by atoms with Gasteiger partial charge in [0.25, 0.3) is 5.56 Å². The molecule has 0 radical (unpaired) electrons. The van der Waals surface area contributed by atoms with Crippen molar-refractivity contribution in [3.05, 3.63) is 86.5 Å². The van der Waals surface area contributed by atoms with Gasteiger partial charge in [-0.2, -0.15) is 0 Å². The molecule has 0 aliphatic rings. The number of ether oxygens (including phenoxy) is 1. The maximum Gasteiger partial charge on any atom is 0.252 e. The van der Waals surface area contributed by atoms with Crippen LogP contribution in [-0.2, 0) is 24.4 Å². The summed E-state index contributed by atoms with van der Waals surface area (Å²) in [5.74, 6) is 0.778. The normalized spacial score (nSPS) is 12.5. The number of hydrogen-bond donors (Lipinski definition) is 1. The van der Waals surface area contributed by atoms with Gasteiger partial charge in [-0.1, -0.05) is 42.8 Å². The van der Waals surface area contributed by atoms with Gasteiger partial charge in [-0.25, -0.2) is 4.68 Å². The van der Waals surface area contributed by atoms with Crippen molar-refractivity contribution in [2.45, 2.75) is 59.8 Å². The highest BCUT2D eigenvalue weighted by Gasteiger charge is 2.26. The van der Waals surface area contributed by atoms with Gasteiger partial charge < -0.3 is 9.72 Å². The topological polar surface area (TPSA) is 88.9 Å². The van der Waals surface area contributed by atoms with Crippen LogP contribution in [0.3, 0.4) is 0 Å². The second kappa shape index (κ2) is 10.9. The second-order valence-corrected chi connectivity index (χ2v) is 9.23. The Morgan fingerprint density at radius 2 is 1.83 bits per heavy atom. The summed E-state index contributed by atoms with van der Waals surface area (Å²) in [5, 5.41) is 13.6. The zero-order valence-corrected chi connectivity index (χ0v) is 21.2. The van der Waals surface area contributed by atoms with Gasteiger partial charge in [-0.05, 0) is 66.4 Å². The van der Waals surface area contributed by atoms with Crippen LogP contribution in [0, 0.1) is 20.8 Å². The van der Waals surface area contributed by atoms with Crippen LogP contribution in [0.1, 0.15) is 53.0 Å². The van der Waals surface area contributed by atoms with Crippen LogP contribution in [0.2, 0.25) is 0 Å². The minimum atomic E-state index is -0.0719. The fourth-order valence-corrected chi connectivity index (χ4v) is 4.65. The molecule has 2 heterocycles. The van der Waals surface area contributed by atoms with E-state index in [9.17, 15) is 4.79 Å². The Kier molecular flexibility index (Phi) is 7.73. The molecule has 184 valence electrons. The van der Waals surface area contributed by atoms with Crippen LogP contribution in [-0.4, -0.2) is 43.8 Å². The molecule has 0 bridgehead atoms. The van der Waals surface area contributed by atoms with Crippen molar-refractivity contribution in [1.29, 1.82) is 0 Å². The van der Waals surface area contributed by atoms with E-state index in [1.165, 1.54) is 11.1 Å². The molecule has 0 spiro atoms. The third-order valence-corrected chi connectivity index (χ3v) is 6.46. The number of tetrazole rings is 1. The summed E-state index contributed by atoms with van der Waals surface area (Å²) in [4.78, 5) is 18.5. The van der Waals surface area contributed by atoms with E-state index >= 15 is 0 Å². The van der Waals surface area contributed by atoms with Gasteiger partial charge in [-0.3, -0.25) is 9.69 Å². The van der Waals surface area contributed by atoms with E-state index < -0.39 is 0 Å². The molecule has 2 aromatic heterocycles. The lowest BCUT2D eigenvalue weighted by atomic mass is 10.0. The van der Waals surface area contributed by atoms with E-state index in [1.54, 1.807) is 11.8 Å². The molecule has 4 rings (SSSR count). The van der Waals surface area contributed by atoms with Gasteiger partial charge >= 0.3 is 0 Å². The number of H-pyrrole nitrogens is 1. The first-order valence-corrected chi connectivity index (χ1v) is 12.1. The smallest absolute Gasteiger partial charge is 0.252 e. The molecular weight excluding hydrogens is 440 g/mol. The molecule has 35 heavy (non-hydrogen) atoms. The fraction of sp³-hybridized carbons (Fsp3) is 0.407. The number of aryl methyl sites for hydroxylation is 3. The van der Waals surface area contributed by atoms with E-state index in [0.717, 1.165) is 39.8 Å². The van der Waals surface area contributed by atoms with E-state index in [4.69, 9.17) is 4.74 Å². The van der Waals surface area contributed by atoms with E-state index in [1.807, 2.05) is 19.1 Å².